The van der Waals surface area contributed by atoms with Crippen LogP contribution in [0.3, 0.4) is 0 Å². The van der Waals surface area contributed by atoms with Gasteiger partial charge < -0.3 is 24.4 Å². The van der Waals surface area contributed by atoms with Gasteiger partial charge in [-0.25, -0.2) is 0 Å². The third-order valence-electron chi connectivity index (χ3n) is 6.90. The lowest BCUT2D eigenvalue weighted by molar-refractivity contribution is -0.141. The predicted octanol–water partition coefficient (Wildman–Crippen LogP) is 4.90. The van der Waals surface area contributed by atoms with E-state index in [1.165, 1.54) is 6.42 Å². The Morgan fingerprint density at radius 1 is 0.944 bits per heavy atom. The SMILES string of the molecule is CC[C@@H](C(=O)NC1CCCCC1)N(Cc1cccc(OC)c1)C(=O)CCc1ccc(OC)c(OC)c1. The third kappa shape index (κ3) is 7.39. The summed E-state index contributed by atoms with van der Waals surface area (Å²) in [6, 6.07) is 13.0. The number of methoxy groups -OCH3 is 3. The first-order valence-electron chi connectivity index (χ1n) is 12.9. The Morgan fingerprint density at radius 3 is 2.36 bits per heavy atom. The minimum absolute atomic E-state index is 0.0572. The van der Waals surface area contributed by atoms with Crippen LogP contribution >= 0.6 is 0 Å². The van der Waals surface area contributed by atoms with E-state index in [0.717, 1.165) is 42.6 Å². The lowest BCUT2D eigenvalue weighted by Gasteiger charge is -2.33. The van der Waals surface area contributed by atoms with Crippen molar-refractivity contribution in [2.75, 3.05) is 21.3 Å². The molecule has 2 amide bonds. The number of benzene rings is 2. The zero-order chi connectivity index (χ0) is 25.9. The molecule has 0 heterocycles. The van der Waals surface area contributed by atoms with Crippen molar-refractivity contribution in [2.45, 2.75) is 76.9 Å². The summed E-state index contributed by atoms with van der Waals surface area (Å²) in [5.74, 6) is 1.89. The third-order valence-corrected chi connectivity index (χ3v) is 6.90. The van der Waals surface area contributed by atoms with Gasteiger partial charge >= 0.3 is 0 Å². The maximum Gasteiger partial charge on any atom is 0.243 e. The van der Waals surface area contributed by atoms with E-state index in [4.69, 9.17) is 14.2 Å². The van der Waals surface area contributed by atoms with Crippen LogP contribution in [-0.4, -0.2) is 50.1 Å². The molecule has 7 heteroatoms. The van der Waals surface area contributed by atoms with E-state index in [2.05, 4.69) is 5.32 Å². The fraction of sp³-hybridized carbons (Fsp3) is 0.517. The highest BCUT2D eigenvalue weighted by atomic mass is 16.5. The van der Waals surface area contributed by atoms with E-state index in [0.29, 0.717) is 30.9 Å². The van der Waals surface area contributed by atoms with Gasteiger partial charge in [-0.05, 0) is 61.1 Å². The van der Waals surface area contributed by atoms with Gasteiger partial charge in [-0.15, -0.1) is 0 Å². The number of ether oxygens (including phenoxy) is 3. The van der Waals surface area contributed by atoms with Crippen molar-refractivity contribution in [3.05, 3.63) is 53.6 Å². The number of carbonyl (C=O) groups is 2. The second kappa shape index (κ2) is 13.8. The van der Waals surface area contributed by atoms with E-state index >= 15 is 0 Å². The van der Waals surface area contributed by atoms with Crippen LogP contribution in [0, 0.1) is 0 Å². The molecule has 2 aromatic rings. The highest BCUT2D eigenvalue weighted by Gasteiger charge is 2.30. The van der Waals surface area contributed by atoms with Crippen LogP contribution in [0.5, 0.6) is 17.2 Å². The summed E-state index contributed by atoms with van der Waals surface area (Å²) in [6.45, 7) is 2.31. The Hall–Kier alpha value is -3.22. The van der Waals surface area contributed by atoms with Gasteiger partial charge in [0.2, 0.25) is 11.8 Å². The predicted molar refractivity (Wildman–Crippen MR) is 141 cm³/mol. The molecule has 7 nitrogen and oxygen atoms in total. The maximum atomic E-state index is 13.6. The van der Waals surface area contributed by atoms with Crippen LogP contribution in [-0.2, 0) is 22.6 Å². The average Bonchev–Trinajstić information content (AvgIpc) is 2.92. The number of hydrogen-bond acceptors (Lipinski definition) is 5. The number of aryl methyl sites for hydroxylation is 1. The average molecular weight is 497 g/mol. The largest absolute Gasteiger partial charge is 0.497 e. The van der Waals surface area contributed by atoms with Gasteiger partial charge in [-0.1, -0.05) is 44.4 Å². The number of nitrogens with zero attached hydrogens (tertiary/aromatic N) is 1. The molecule has 1 atom stereocenters. The molecule has 1 aliphatic carbocycles. The van der Waals surface area contributed by atoms with Crippen molar-refractivity contribution in [1.29, 1.82) is 0 Å². The van der Waals surface area contributed by atoms with Gasteiger partial charge in [0.25, 0.3) is 0 Å². The van der Waals surface area contributed by atoms with Crippen molar-refractivity contribution < 1.29 is 23.8 Å². The standard InChI is InChI=1S/C29H40N2O5/c1-5-25(29(33)30-23-11-7-6-8-12-23)31(20-22-10-9-13-24(18-22)34-2)28(32)17-15-21-14-16-26(35-3)27(19-21)36-4/h9-10,13-14,16,18-19,23,25H,5-8,11-12,15,17,20H2,1-4H3,(H,30,33)/t25-/m0/s1. The highest BCUT2D eigenvalue weighted by molar-refractivity contribution is 5.88. The lowest BCUT2D eigenvalue weighted by Crippen LogP contribution is -2.51. The van der Waals surface area contributed by atoms with Gasteiger partial charge in [0.05, 0.1) is 21.3 Å². The van der Waals surface area contributed by atoms with Crippen LogP contribution in [0.2, 0.25) is 0 Å². The Morgan fingerprint density at radius 2 is 1.69 bits per heavy atom. The smallest absolute Gasteiger partial charge is 0.243 e. The molecule has 196 valence electrons. The summed E-state index contributed by atoms with van der Waals surface area (Å²) in [7, 11) is 4.82. The molecule has 36 heavy (non-hydrogen) atoms. The molecule has 1 aliphatic rings. The summed E-state index contributed by atoms with van der Waals surface area (Å²) in [5.41, 5.74) is 1.90. The van der Waals surface area contributed by atoms with Gasteiger partial charge in [-0.3, -0.25) is 9.59 Å². The topological polar surface area (TPSA) is 77.1 Å². The van der Waals surface area contributed by atoms with Gasteiger partial charge in [0.1, 0.15) is 11.8 Å². The van der Waals surface area contributed by atoms with Crippen LogP contribution in [0.1, 0.15) is 63.0 Å². The van der Waals surface area contributed by atoms with Crippen molar-refractivity contribution >= 4 is 11.8 Å². The molecule has 0 unspecified atom stereocenters. The van der Waals surface area contributed by atoms with Gasteiger partial charge in [0, 0.05) is 19.0 Å². The second-order valence-corrected chi connectivity index (χ2v) is 9.33. The fourth-order valence-corrected chi connectivity index (χ4v) is 4.86. The first kappa shape index (κ1) is 27.4. The van der Waals surface area contributed by atoms with Crippen molar-refractivity contribution in [2.24, 2.45) is 0 Å². The molecule has 2 aromatic carbocycles. The maximum absolute atomic E-state index is 13.6. The van der Waals surface area contributed by atoms with E-state index in [-0.39, 0.29) is 24.3 Å². The molecule has 0 radical (unpaired) electrons. The van der Waals surface area contributed by atoms with Crippen LogP contribution < -0.4 is 19.5 Å². The first-order chi connectivity index (χ1) is 17.5. The van der Waals surface area contributed by atoms with Crippen molar-refractivity contribution in [3.8, 4) is 17.2 Å². The zero-order valence-corrected chi connectivity index (χ0v) is 22.0. The number of amides is 2. The monoisotopic (exact) mass is 496 g/mol. The van der Waals surface area contributed by atoms with Crippen LogP contribution in [0.15, 0.2) is 42.5 Å². The molecule has 0 aliphatic heterocycles. The van der Waals surface area contributed by atoms with E-state index < -0.39 is 6.04 Å². The van der Waals surface area contributed by atoms with Crippen LogP contribution in [0.4, 0.5) is 0 Å². The second-order valence-electron chi connectivity index (χ2n) is 9.33. The molecule has 1 N–H and O–H groups in total. The Kier molecular flexibility index (Phi) is 10.5. The number of rotatable bonds is 12. The Labute approximate surface area is 215 Å². The molecule has 1 saturated carbocycles. The Bertz CT molecular complexity index is 1000. The lowest BCUT2D eigenvalue weighted by atomic mass is 9.95. The summed E-state index contributed by atoms with van der Waals surface area (Å²) in [4.78, 5) is 28.7. The normalized spacial score (nSPS) is 14.6. The molecule has 0 aromatic heterocycles. The summed E-state index contributed by atoms with van der Waals surface area (Å²) in [5, 5.41) is 3.23. The summed E-state index contributed by atoms with van der Waals surface area (Å²) in [6.07, 6.45) is 6.88. The molecule has 0 saturated heterocycles. The van der Waals surface area contributed by atoms with Crippen LogP contribution in [0.25, 0.3) is 0 Å². The highest BCUT2D eigenvalue weighted by Crippen LogP contribution is 2.28. The number of hydrogen-bond donors (Lipinski definition) is 1. The molecule has 3 rings (SSSR count). The molecular weight excluding hydrogens is 456 g/mol. The number of nitrogens with one attached hydrogen (secondary N) is 1. The summed E-state index contributed by atoms with van der Waals surface area (Å²) < 4.78 is 16.1. The zero-order valence-electron chi connectivity index (χ0n) is 22.0. The van der Waals surface area contributed by atoms with E-state index in [9.17, 15) is 9.59 Å². The minimum Gasteiger partial charge on any atom is -0.497 e. The van der Waals surface area contributed by atoms with E-state index in [1.54, 1.807) is 26.2 Å². The molecule has 0 bridgehead atoms. The fourth-order valence-electron chi connectivity index (χ4n) is 4.86. The molecular formula is C29H40N2O5. The summed E-state index contributed by atoms with van der Waals surface area (Å²) >= 11 is 0. The number of carbonyl (C=O) groups excluding carboxylic acids is 2. The Balaban J connectivity index is 1.78. The van der Waals surface area contributed by atoms with Gasteiger partial charge in [-0.2, -0.15) is 0 Å². The van der Waals surface area contributed by atoms with Gasteiger partial charge in [0.15, 0.2) is 11.5 Å². The van der Waals surface area contributed by atoms with Crippen molar-refractivity contribution in [3.63, 3.8) is 0 Å². The van der Waals surface area contributed by atoms with E-state index in [1.807, 2.05) is 49.4 Å². The minimum atomic E-state index is -0.531. The first-order valence-corrected chi connectivity index (χ1v) is 12.9. The van der Waals surface area contributed by atoms with Crippen molar-refractivity contribution in [1.82, 2.24) is 10.2 Å². The molecule has 1 fully saturated rings. The quantitative estimate of drug-likeness (QED) is 0.452. The molecule has 0 spiro atoms.